The number of hydrogen-bond acceptors (Lipinski definition) is 3. The van der Waals surface area contributed by atoms with Gasteiger partial charge in [-0.3, -0.25) is 4.68 Å². The molecule has 0 spiro atoms. The van der Waals surface area contributed by atoms with Crippen LogP contribution in [0.1, 0.15) is 44.7 Å². The number of aliphatic hydroxyl groups excluding tert-OH is 1. The SMILES string of the molecule is CCC(CO)(CCCn1nccc1C)NC1CC1. The van der Waals surface area contributed by atoms with Gasteiger partial charge in [-0.1, -0.05) is 6.92 Å². The summed E-state index contributed by atoms with van der Waals surface area (Å²) in [5.74, 6) is 0. The first kappa shape index (κ1) is 13.6. The molecule has 1 aliphatic rings. The molecule has 1 fully saturated rings. The van der Waals surface area contributed by atoms with Gasteiger partial charge in [-0.25, -0.2) is 0 Å². The highest BCUT2D eigenvalue weighted by molar-refractivity contribution is 4.97. The number of rotatable bonds is 8. The third kappa shape index (κ3) is 3.33. The zero-order valence-electron chi connectivity index (χ0n) is 11.5. The Balaban J connectivity index is 1.83. The van der Waals surface area contributed by atoms with Gasteiger partial charge < -0.3 is 10.4 Å². The van der Waals surface area contributed by atoms with E-state index in [0.717, 1.165) is 25.8 Å². The minimum Gasteiger partial charge on any atom is -0.394 e. The van der Waals surface area contributed by atoms with Gasteiger partial charge in [0, 0.05) is 30.0 Å². The molecule has 18 heavy (non-hydrogen) atoms. The molecule has 0 aliphatic heterocycles. The largest absolute Gasteiger partial charge is 0.394 e. The summed E-state index contributed by atoms with van der Waals surface area (Å²) in [7, 11) is 0. The van der Waals surface area contributed by atoms with Gasteiger partial charge in [-0.05, 0) is 45.1 Å². The smallest absolute Gasteiger partial charge is 0.0613 e. The number of aromatic nitrogens is 2. The van der Waals surface area contributed by atoms with E-state index in [2.05, 4.69) is 24.3 Å². The number of nitrogens with one attached hydrogen (secondary N) is 1. The summed E-state index contributed by atoms with van der Waals surface area (Å²) in [5.41, 5.74) is 1.12. The summed E-state index contributed by atoms with van der Waals surface area (Å²) < 4.78 is 2.04. The molecule has 1 heterocycles. The summed E-state index contributed by atoms with van der Waals surface area (Å²) >= 11 is 0. The molecule has 0 saturated heterocycles. The van der Waals surface area contributed by atoms with Gasteiger partial charge >= 0.3 is 0 Å². The number of aliphatic hydroxyl groups is 1. The maximum atomic E-state index is 9.68. The molecule has 1 saturated carbocycles. The molecule has 4 nitrogen and oxygen atoms in total. The Kier molecular flexibility index (Phi) is 4.40. The van der Waals surface area contributed by atoms with Crippen molar-refractivity contribution < 1.29 is 5.11 Å². The maximum absolute atomic E-state index is 9.68. The zero-order valence-corrected chi connectivity index (χ0v) is 11.5. The van der Waals surface area contributed by atoms with Crippen LogP contribution < -0.4 is 5.32 Å². The molecular formula is C14H25N3O. The summed E-state index contributed by atoms with van der Waals surface area (Å²) in [6, 6.07) is 2.67. The van der Waals surface area contributed by atoms with Crippen LogP contribution in [-0.4, -0.2) is 33.1 Å². The second-order valence-corrected chi connectivity index (χ2v) is 5.51. The lowest BCUT2D eigenvalue weighted by Crippen LogP contribution is -2.49. The van der Waals surface area contributed by atoms with Crippen LogP contribution in [0.5, 0.6) is 0 Å². The van der Waals surface area contributed by atoms with Crippen molar-refractivity contribution in [3.8, 4) is 0 Å². The first-order valence-corrected chi connectivity index (χ1v) is 7.06. The van der Waals surface area contributed by atoms with Crippen molar-refractivity contribution in [1.29, 1.82) is 0 Å². The van der Waals surface area contributed by atoms with Crippen LogP contribution in [0.2, 0.25) is 0 Å². The highest BCUT2D eigenvalue weighted by Crippen LogP contribution is 2.27. The standard InChI is InChI=1S/C14H25N3O/c1-3-14(11-18,16-13-5-6-13)8-4-10-17-12(2)7-9-15-17/h7,9,13,16,18H,3-6,8,10-11H2,1-2H3. The molecule has 2 rings (SSSR count). The molecule has 1 aromatic heterocycles. The second kappa shape index (κ2) is 5.85. The molecule has 2 N–H and O–H groups in total. The zero-order chi connectivity index (χ0) is 13.0. The molecule has 1 unspecified atom stereocenters. The number of hydrogen-bond donors (Lipinski definition) is 2. The Morgan fingerprint density at radius 2 is 2.33 bits per heavy atom. The first-order chi connectivity index (χ1) is 8.69. The van der Waals surface area contributed by atoms with E-state index in [0.29, 0.717) is 6.04 Å². The molecular weight excluding hydrogens is 226 g/mol. The van der Waals surface area contributed by atoms with Gasteiger partial charge in [0.15, 0.2) is 0 Å². The molecule has 0 aromatic carbocycles. The summed E-state index contributed by atoms with van der Waals surface area (Å²) in [4.78, 5) is 0. The van der Waals surface area contributed by atoms with Crippen LogP contribution in [-0.2, 0) is 6.54 Å². The van der Waals surface area contributed by atoms with E-state index in [-0.39, 0.29) is 12.1 Å². The molecule has 0 bridgehead atoms. The van der Waals surface area contributed by atoms with Crippen molar-refractivity contribution >= 4 is 0 Å². The molecule has 1 aromatic rings. The van der Waals surface area contributed by atoms with Crippen molar-refractivity contribution in [2.75, 3.05) is 6.61 Å². The monoisotopic (exact) mass is 251 g/mol. The quantitative estimate of drug-likeness (QED) is 0.741. The number of nitrogens with zero attached hydrogens (tertiary/aromatic N) is 2. The topological polar surface area (TPSA) is 50.1 Å². The van der Waals surface area contributed by atoms with Gasteiger partial charge in [0.2, 0.25) is 0 Å². The van der Waals surface area contributed by atoms with Gasteiger partial charge in [0.05, 0.1) is 6.61 Å². The van der Waals surface area contributed by atoms with E-state index in [1.165, 1.54) is 18.5 Å². The molecule has 0 amide bonds. The van der Waals surface area contributed by atoms with Crippen molar-refractivity contribution in [2.45, 2.75) is 64.1 Å². The fourth-order valence-electron chi connectivity index (χ4n) is 2.45. The van der Waals surface area contributed by atoms with E-state index in [1.54, 1.807) is 0 Å². The van der Waals surface area contributed by atoms with Crippen molar-refractivity contribution in [3.05, 3.63) is 18.0 Å². The van der Waals surface area contributed by atoms with Crippen molar-refractivity contribution in [1.82, 2.24) is 15.1 Å². The van der Waals surface area contributed by atoms with Crippen molar-refractivity contribution in [3.63, 3.8) is 0 Å². The fourth-order valence-corrected chi connectivity index (χ4v) is 2.45. The van der Waals surface area contributed by atoms with Crippen LogP contribution in [0, 0.1) is 6.92 Å². The molecule has 102 valence electrons. The third-order valence-corrected chi connectivity index (χ3v) is 4.02. The lowest BCUT2D eigenvalue weighted by Gasteiger charge is -2.32. The average molecular weight is 251 g/mol. The van der Waals surface area contributed by atoms with Crippen LogP contribution in [0.3, 0.4) is 0 Å². The highest BCUT2D eigenvalue weighted by Gasteiger charge is 2.33. The molecule has 0 radical (unpaired) electrons. The lowest BCUT2D eigenvalue weighted by atomic mass is 9.91. The minimum atomic E-state index is -0.0811. The summed E-state index contributed by atoms with van der Waals surface area (Å²) in [6.07, 6.45) is 7.42. The number of aryl methyl sites for hydroxylation is 2. The summed E-state index contributed by atoms with van der Waals surface area (Å²) in [6.45, 7) is 5.41. The van der Waals surface area contributed by atoms with Gasteiger partial charge in [0.1, 0.15) is 0 Å². The lowest BCUT2D eigenvalue weighted by molar-refractivity contribution is 0.140. The third-order valence-electron chi connectivity index (χ3n) is 4.02. The van der Waals surface area contributed by atoms with E-state index < -0.39 is 0 Å². The van der Waals surface area contributed by atoms with Crippen LogP contribution >= 0.6 is 0 Å². The highest BCUT2D eigenvalue weighted by atomic mass is 16.3. The average Bonchev–Trinajstić information content (AvgIpc) is 3.11. The Hall–Kier alpha value is -0.870. The Labute approximate surface area is 109 Å². The summed E-state index contributed by atoms with van der Waals surface area (Å²) in [5, 5.41) is 17.6. The van der Waals surface area contributed by atoms with Crippen LogP contribution in [0.25, 0.3) is 0 Å². The van der Waals surface area contributed by atoms with E-state index in [1.807, 2.05) is 16.9 Å². The predicted octanol–water partition coefficient (Wildman–Crippen LogP) is 1.86. The normalized spacial score (nSPS) is 18.8. The fraction of sp³-hybridized carbons (Fsp3) is 0.786. The predicted molar refractivity (Wildman–Crippen MR) is 72.5 cm³/mol. The minimum absolute atomic E-state index is 0.0811. The second-order valence-electron chi connectivity index (χ2n) is 5.51. The molecule has 1 atom stereocenters. The van der Waals surface area contributed by atoms with Gasteiger partial charge in [-0.15, -0.1) is 0 Å². The van der Waals surface area contributed by atoms with Crippen molar-refractivity contribution in [2.24, 2.45) is 0 Å². The Morgan fingerprint density at radius 1 is 1.56 bits per heavy atom. The van der Waals surface area contributed by atoms with Crippen LogP contribution in [0.15, 0.2) is 12.3 Å². The Morgan fingerprint density at radius 3 is 2.83 bits per heavy atom. The van der Waals surface area contributed by atoms with Crippen LogP contribution in [0.4, 0.5) is 0 Å². The molecule has 4 heteroatoms. The van der Waals surface area contributed by atoms with E-state index >= 15 is 0 Å². The maximum Gasteiger partial charge on any atom is 0.0613 e. The molecule has 1 aliphatic carbocycles. The first-order valence-electron chi connectivity index (χ1n) is 7.06. The van der Waals surface area contributed by atoms with E-state index in [4.69, 9.17) is 0 Å². The van der Waals surface area contributed by atoms with Gasteiger partial charge in [0.25, 0.3) is 0 Å². The van der Waals surface area contributed by atoms with E-state index in [9.17, 15) is 5.11 Å². The van der Waals surface area contributed by atoms with Gasteiger partial charge in [-0.2, -0.15) is 5.10 Å². The Bertz CT molecular complexity index is 367.